The molecule has 0 saturated heterocycles. The molecule has 0 radical (unpaired) electrons. The third kappa shape index (κ3) is 2.07. The van der Waals surface area contributed by atoms with Crippen LogP contribution in [0.1, 0.15) is 23.0 Å². The van der Waals surface area contributed by atoms with Crippen LogP contribution < -0.4 is 5.32 Å². The molecule has 0 aliphatic heterocycles. The van der Waals surface area contributed by atoms with E-state index >= 15 is 0 Å². The van der Waals surface area contributed by atoms with Crippen LogP contribution in [0.15, 0.2) is 41.2 Å². The van der Waals surface area contributed by atoms with E-state index in [-0.39, 0.29) is 6.04 Å². The van der Waals surface area contributed by atoms with Gasteiger partial charge in [0.05, 0.1) is 24.3 Å². The van der Waals surface area contributed by atoms with E-state index < -0.39 is 0 Å². The Bertz CT molecular complexity index is 423. The molecule has 1 N–H and O–H groups in total. The fourth-order valence-corrected chi connectivity index (χ4v) is 1.65. The second-order valence-corrected chi connectivity index (χ2v) is 3.48. The van der Waals surface area contributed by atoms with Gasteiger partial charge in [-0.15, -0.1) is 0 Å². The Labute approximate surface area is 89.1 Å². The van der Waals surface area contributed by atoms with E-state index in [0.717, 1.165) is 17.0 Å². The second-order valence-electron chi connectivity index (χ2n) is 3.48. The lowest BCUT2D eigenvalue weighted by Gasteiger charge is -2.13. The fraction of sp³-hybridized carbons (Fsp3) is 0.250. The molecule has 3 heteroatoms. The molecule has 0 amide bonds. The highest BCUT2D eigenvalue weighted by molar-refractivity contribution is 5.25. The number of pyridine rings is 1. The standard InChI is InChI=1S/C12H14N2O/c1-9-4-3-5-11(14-9)12(13-2)10-6-7-15-8-10/h3-8,12-13H,1-2H3. The molecule has 2 aromatic rings. The molecule has 15 heavy (non-hydrogen) atoms. The molecule has 2 aromatic heterocycles. The van der Waals surface area contributed by atoms with Crippen molar-refractivity contribution in [2.45, 2.75) is 13.0 Å². The lowest BCUT2D eigenvalue weighted by molar-refractivity contribution is 0.556. The van der Waals surface area contributed by atoms with E-state index in [1.165, 1.54) is 0 Å². The maximum Gasteiger partial charge on any atom is 0.0954 e. The van der Waals surface area contributed by atoms with Crippen molar-refractivity contribution in [3.8, 4) is 0 Å². The highest BCUT2D eigenvalue weighted by Gasteiger charge is 2.13. The Balaban J connectivity index is 2.35. The van der Waals surface area contributed by atoms with Crippen molar-refractivity contribution in [2.24, 2.45) is 0 Å². The van der Waals surface area contributed by atoms with Crippen LogP contribution in [0.25, 0.3) is 0 Å². The van der Waals surface area contributed by atoms with E-state index in [2.05, 4.69) is 10.3 Å². The van der Waals surface area contributed by atoms with Gasteiger partial charge in [0.25, 0.3) is 0 Å². The molecular formula is C12H14N2O. The average molecular weight is 202 g/mol. The van der Waals surface area contributed by atoms with Gasteiger partial charge in [0.15, 0.2) is 0 Å². The molecule has 0 aromatic carbocycles. The van der Waals surface area contributed by atoms with Crippen LogP contribution in [0.5, 0.6) is 0 Å². The number of rotatable bonds is 3. The first kappa shape index (κ1) is 9.93. The quantitative estimate of drug-likeness (QED) is 0.829. The van der Waals surface area contributed by atoms with Crippen molar-refractivity contribution in [3.05, 3.63) is 53.7 Å². The van der Waals surface area contributed by atoms with Gasteiger partial charge in [-0.2, -0.15) is 0 Å². The maximum atomic E-state index is 5.08. The minimum atomic E-state index is 0.101. The molecular weight excluding hydrogens is 188 g/mol. The minimum absolute atomic E-state index is 0.101. The fourth-order valence-electron chi connectivity index (χ4n) is 1.65. The van der Waals surface area contributed by atoms with Crippen LogP contribution in [0.4, 0.5) is 0 Å². The first-order chi connectivity index (χ1) is 7.31. The number of aryl methyl sites for hydroxylation is 1. The Hall–Kier alpha value is -1.61. The van der Waals surface area contributed by atoms with Gasteiger partial charge in [-0.3, -0.25) is 4.98 Å². The van der Waals surface area contributed by atoms with Crippen molar-refractivity contribution in [2.75, 3.05) is 7.05 Å². The largest absolute Gasteiger partial charge is 0.472 e. The van der Waals surface area contributed by atoms with Crippen LogP contribution in [-0.4, -0.2) is 12.0 Å². The van der Waals surface area contributed by atoms with Gasteiger partial charge in [-0.05, 0) is 32.2 Å². The number of hydrogen-bond donors (Lipinski definition) is 1. The summed E-state index contributed by atoms with van der Waals surface area (Å²) in [5.74, 6) is 0. The number of furan rings is 1. The van der Waals surface area contributed by atoms with Gasteiger partial charge < -0.3 is 9.73 Å². The summed E-state index contributed by atoms with van der Waals surface area (Å²) in [4.78, 5) is 4.50. The molecule has 0 fully saturated rings. The van der Waals surface area contributed by atoms with E-state index in [1.54, 1.807) is 12.5 Å². The Morgan fingerprint density at radius 1 is 1.33 bits per heavy atom. The topological polar surface area (TPSA) is 38.1 Å². The van der Waals surface area contributed by atoms with E-state index in [4.69, 9.17) is 4.42 Å². The molecule has 2 heterocycles. The Morgan fingerprint density at radius 3 is 2.80 bits per heavy atom. The van der Waals surface area contributed by atoms with Crippen LogP contribution in [0.2, 0.25) is 0 Å². The molecule has 0 aliphatic rings. The molecule has 0 bridgehead atoms. The summed E-state index contributed by atoms with van der Waals surface area (Å²) in [6.45, 7) is 1.99. The average Bonchev–Trinajstić information content (AvgIpc) is 2.72. The summed E-state index contributed by atoms with van der Waals surface area (Å²) in [5, 5.41) is 3.23. The van der Waals surface area contributed by atoms with Crippen LogP contribution in [0, 0.1) is 6.92 Å². The first-order valence-corrected chi connectivity index (χ1v) is 4.94. The Morgan fingerprint density at radius 2 is 2.20 bits per heavy atom. The SMILES string of the molecule is CNC(c1ccoc1)c1cccc(C)n1. The number of hydrogen-bond acceptors (Lipinski definition) is 3. The zero-order valence-corrected chi connectivity index (χ0v) is 8.90. The summed E-state index contributed by atoms with van der Waals surface area (Å²) in [7, 11) is 1.92. The number of aromatic nitrogens is 1. The maximum absolute atomic E-state index is 5.08. The number of nitrogens with one attached hydrogen (secondary N) is 1. The lowest BCUT2D eigenvalue weighted by atomic mass is 10.1. The summed E-state index contributed by atoms with van der Waals surface area (Å²) in [5.41, 5.74) is 3.13. The van der Waals surface area contributed by atoms with Crippen molar-refractivity contribution in [3.63, 3.8) is 0 Å². The van der Waals surface area contributed by atoms with Crippen LogP contribution in [0.3, 0.4) is 0 Å². The van der Waals surface area contributed by atoms with E-state index in [9.17, 15) is 0 Å². The highest BCUT2D eigenvalue weighted by atomic mass is 16.3. The van der Waals surface area contributed by atoms with Gasteiger partial charge >= 0.3 is 0 Å². The highest BCUT2D eigenvalue weighted by Crippen LogP contribution is 2.20. The second kappa shape index (κ2) is 4.28. The smallest absolute Gasteiger partial charge is 0.0954 e. The summed E-state index contributed by atoms with van der Waals surface area (Å²) >= 11 is 0. The molecule has 1 atom stereocenters. The lowest BCUT2D eigenvalue weighted by Crippen LogP contribution is -2.18. The van der Waals surface area contributed by atoms with Crippen molar-refractivity contribution >= 4 is 0 Å². The molecule has 3 nitrogen and oxygen atoms in total. The molecule has 1 unspecified atom stereocenters. The van der Waals surface area contributed by atoms with Crippen LogP contribution in [-0.2, 0) is 0 Å². The van der Waals surface area contributed by atoms with E-state index in [1.807, 2.05) is 38.2 Å². The van der Waals surface area contributed by atoms with Crippen molar-refractivity contribution < 1.29 is 4.42 Å². The predicted octanol–water partition coefficient (Wildman–Crippen LogP) is 2.29. The predicted molar refractivity (Wildman–Crippen MR) is 58.6 cm³/mol. The molecule has 2 rings (SSSR count). The van der Waals surface area contributed by atoms with Crippen molar-refractivity contribution in [1.82, 2.24) is 10.3 Å². The molecule has 0 aliphatic carbocycles. The van der Waals surface area contributed by atoms with Gasteiger partial charge in [0, 0.05) is 11.3 Å². The summed E-state index contributed by atoms with van der Waals surface area (Å²) < 4.78 is 5.08. The normalized spacial score (nSPS) is 12.7. The molecule has 78 valence electrons. The third-order valence-electron chi connectivity index (χ3n) is 2.37. The van der Waals surface area contributed by atoms with E-state index in [0.29, 0.717) is 0 Å². The van der Waals surface area contributed by atoms with Gasteiger partial charge in [0.1, 0.15) is 0 Å². The van der Waals surface area contributed by atoms with Crippen LogP contribution >= 0.6 is 0 Å². The number of nitrogens with zero attached hydrogens (tertiary/aromatic N) is 1. The monoisotopic (exact) mass is 202 g/mol. The summed E-state index contributed by atoms with van der Waals surface area (Å²) in [6.07, 6.45) is 3.42. The molecule has 0 spiro atoms. The zero-order chi connectivity index (χ0) is 10.7. The van der Waals surface area contributed by atoms with Crippen molar-refractivity contribution in [1.29, 1.82) is 0 Å². The summed E-state index contributed by atoms with van der Waals surface area (Å²) in [6, 6.07) is 8.07. The third-order valence-corrected chi connectivity index (χ3v) is 2.37. The van der Waals surface area contributed by atoms with Gasteiger partial charge in [-0.1, -0.05) is 6.07 Å². The minimum Gasteiger partial charge on any atom is -0.472 e. The molecule has 0 saturated carbocycles. The first-order valence-electron chi connectivity index (χ1n) is 4.94. The zero-order valence-electron chi connectivity index (χ0n) is 8.90. The Kier molecular flexibility index (Phi) is 2.83. The van der Waals surface area contributed by atoms with Gasteiger partial charge in [-0.25, -0.2) is 0 Å². The van der Waals surface area contributed by atoms with Gasteiger partial charge in [0.2, 0.25) is 0 Å².